The van der Waals surface area contributed by atoms with Gasteiger partial charge in [-0.15, -0.1) is 0 Å². The maximum absolute atomic E-state index is 12.4. The fourth-order valence-corrected chi connectivity index (χ4v) is 3.39. The van der Waals surface area contributed by atoms with Crippen LogP contribution in [0.5, 0.6) is 0 Å². The number of rotatable bonds is 1. The molecule has 0 amide bonds. The maximum atomic E-state index is 12.4. The second-order valence-corrected chi connectivity index (χ2v) is 6.61. The van der Waals surface area contributed by atoms with Gasteiger partial charge in [-0.2, -0.15) is 4.98 Å². The van der Waals surface area contributed by atoms with E-state index < -0.39 is 11.2 Å². The Labute approximate surface area is 147 Å². The van der Waals surface area contributed by atoms with E-state index in [1.165, 1.54) is 4.57 Å². The molecule has 128 valence electrons. The summed E-state index contributed by atoms with van der Waals surface area (Å²) in [4.78, 5) is 31.2. The first-order valence-corrected chi connectivity index (χ1v) is 8.15. The molecular formula is C17H16ClN5O2. The van der Waals surface area contributed by atoms with E-state index in [0.717, 1.165) is 22.6 Å². The molecule has 4 aromatic rings. The molecule has 4 rings (SSSR count). The number of fused-ring (bicyclic) bond motifs is 3. The summed E-state index contributed by atoms with van der Waals surface area (Å²) in [7, 11) is 1.59. The van der Waals surface area contributed by atoms with Crippen LogP contribution in [0.1, 0.15) is 17.0 Å². The zero-order valence-corrected chi connectivity index (χ0v) is 15.0. The first kappa shape index (κ1) is 15.7. The molecule has 8 heteroatoms. The highest BCUT2D eigenvalue weighted by Gasteiger charge is 2.21. The van der Waals surface area contributed by atoms with Gasteiger partial charge in [0.15, 0.2) is 11.2 Å². The van der Waals surface area contributed by atoms with E-state index in [9.17, 15) is 9.59 Å². The van der Waals surface area contributed by atoms with Gasteiger partial charge >= 0.3 is 5.69 Å². The summed E-state index contributed by atoms with van der Waals surface area (Å²) in [5, 5.41) is 0.617. The van der Waals surface area contributed by atoms with E-state index in [2.05, 4.69) is 9.97 Å². The van der Waals surface area contributed by atoms with Gasteiger partial charge < -0.3 is 0 Å². The van der Waals surface area contributed by atoms with Gasteiger partial charge in [-0.3, -0.25) is 23.3 Å². The Bertz CT molecular complexity index is 1290. The number of aromatic amines is 1. The minimum Gasteiger partial charge on any atom is -0.282 e. The van der Waals surface area contributed by atoms with E-state index in [1.54, 1.807) is 11.4 Å². The number of nitrogens with one attached hydrogen (secondary N) is 1. The van der Waals surface area contributed by atoms with Crippen molar-refractivity contribution in [2.75, 3.05) is 0 Å². The fraction of sp³-hybridized carbons (Fsp3) is 0.235. The van der Waals surface area contributed by atoms with Crippen molar-refractivity contribution in [3.05, 3.63) is 61.0 Å². The number of halogens is 1. The highest BCUT2D eigenvalue weighted by Crippen LogP contribution is 2.27. The Hall–Kier alpha value is -2.80. The van der Waals surface area contributed by atoms with Crippen LogP contribution in [0.25, 0.3) is 22.6 Å². The molecule has 0 aliphatic carbocycles. The summed E-state index contributed by atoms with van der Waals surface area (Å²) in [6.07, 6.45) is 0. The van der Waals surface area contributed by atoms with Crippen LogP contribution < -0.4 is 11.2 Å². The third kappa shape index (κ3) is 2.02. The van der Waals surface area contributed by atoms with Crippen molar-refractivity contribution in [2.24, 2.45) is 7.05 Å². The topological polar surface area (TPSA) is 77.1 Å². The van der Waals surface area contributed by atoms with Crippen LogP contribution in [0, 0.1) is 20.8 Å². The number of H-pyrrole nitrogens is 1. The Morgan fingerprint density at radius 3 is 2.56 bits per heavy atom. The van der Waals surface area contributed by atoms with Gasteiger partial charge in [0.1, 0.15) is 0 Å². The lowest BCUT2D eigenvalue weighted by Crippen LogP contribution is -2.28. The van der Waals surface area contributed by atoms with E-state index in [4.69, 9.17) is 11.6 Å². The van der Waals surface area contributed by atoms with E-state index >= 15 is 0 Å². The summed E-state index contributed by atoms with van der Waals surface area (Å²) in [6, 6.07) is 5.64. The number of aromatic nitrogens is 5. The van der Waals surface area contributed by atoms with Crippen LogP contribution in [0.15, 0.2) is 27.8 Å². The van der Waals surface area contributed by atoms with E-state index in [1.807, 2.05) is 43.5 Å². The number of hydrogen-bond acceptors (Lipinski definition) is 3. The number of aryl methyl sites for hydroxylation is 3. The van der Waals surface area contributed by atoms with Crippen molar-refractivity contribution in [3.63, 3.8) is 0 Å². The number of benzene rings is 1. The molecule has 0 bridgehead atoms. The molecule has 0 aliphatic rings. The zero-order chi connectivity index (χ0) is 18.0. The Morgan fingerprint density at radius 1 is 1.12 bits per heavy atom. The molecule has 3 heterocycles. The van der Waals surface area contributed by atoms with Crippen LogP contribution in [0.4, 0.5) is 0 Å². The predicted octanol–water partition coefficient (Wildman–Crippen LogP) is 2.24. The summed E-state index contributed by atoms with van der Waals surface area (Å²) in [5.41, 5.74) is 3.51. The first-order valence-electron chi connectivity index (χ1n) is 7.77. The number of hydrogen-bond donors (Lipinski definition) is 1. The predicted molar refractivity (Wildman–Crippen MR) is 97.1 cm³/mol. The van der Waals surface area contributed by atoms with Gasteiger partial charge in [-0.05, 0) is 38.5 Å². The molecule has 0 radical (unpaired) electrons. The van der Waals surface area contributed by atoms with Gasteiger partial charge in [0.05, 0.1) is 5.69 Å². The lowest BCUT2D eigenvalue weighted by atomic mass is 10.2. The largest absolute Gasteiger partial charge is 0.329 e. The second-order valence-electron chi connectivity index (χ2n) is 6.17. The van der Waals surface area contributed by atoms with Gasteiger partial charge in [-0.25, -0.2) is 4.79 Å². The minimum absolute atomic E-state index is 0.347. The standard InChI is InChI=1S/C17H16ClN5O2/c1-8-5-6-11(18)7-12(8)22-9(2)10(3)23-13-14(19-16(22)23)21(4)17(25)20-15(13)24/h5-7H,1-4H3,(H,20,24,25). The van der Waals surface area contributed by atoms with E-state index in [0.29, 0.717) is 22.0 Å². The van der Waals surface area contributed by atoms with Gasteiger partial charge in [0, 0.05) is 23.5 Å². The summed E-state index contributed by atoms with van der Waals surface area (Å²) in [5.74, 6) is 0.571. The summed E-state index contributed by atoms with van der Waals surface area (Å²) in [6.45, 7) is 5.87. The van der Waals surface area contributed by atoms with Crippen molar-refractivity contribution >= 4 is 28.5 Å². The van der Waals surface area contributed by atoms with Gasteiger partial charge in [0.25, 0.3) is 5.56 Å². The quantitative estimate of drug-likeness (QED) is 0.567. The van der Waals surface area contributed by atoms with Gasteiger partial charge in [-0.1, -0.05) is 17.7 Å². The second kappa shape index (κ2) is 5.10. The van der Waals surface area contributed by atoms with Crippen molar-refractivity contribution in [1.29, 1.82) is 0 Å². The minimum atomic E-state index is -0.488. The third-order valence-corrected chi connectivity index (χ3v) is 4.94. The SMILES string of the molecule is Cc1ccc(Cl)cc1-n1c(C)c(C)n2c3c(=O)[nH]c(=O)n(C)c3nc12. The van der Waals surface area contributed by atoms with Crippen LogP contribution in [0.2, 0.25) is 5.02 Å². The third-order valence-electron chi connectivity index (χ3n) is 4.71. The number of nitrogens with zero attached hydrogens (tertiary/aromatic N) is 4. The number of imidazole rings is 2. The highest BCUT2D eigenvalue weighted by molar-refractivity contribution is 6.30. The average Bonchev–Trinajstić information content (AvgIpc) is 3.05. The zero-order valence-electron chi connectivity index (χ0n) is 14.2. The molecule has 1 aromatic carbocycles. The van der Waals surface area contributed by atoms with Crippen LogP contribution in [0.3, 0.4) is 0 Å². The van der Waals surface area contributed by atoms with Gasteiger partial charge in [0.2, 0.25) is 5.78 Å². The molecule has 25 heavy (non-hydrogen) atoms. The van der Waals surface area contributed by atoms with Crippen molar-refractivity contribution in [1.82, 2.24) is 23.5 Å². The normalized spacial score (nSPS) is 11.7. The Balaban J connectivity index is 2.26. The van der Waals surface area contributed by atoms with Crippen molar-refractivity contribution < 1.29 is 0 Å². The Morgan fingerprint density at radius 2 is 1.84 bits per heavy atom. The lowest BCUT2D eigenvalue weighted by Gasteiger charge is -2.10. The molecule has 0 spiro atoms. The Kier molecular flexibility index (Phi) is 3.20. The summed E-state index contributed by atoms with van der Waals surface area (Å²) < 4.78 is 5.08. The highest BCUT2D eigenvalue weighted by atomic mass is 35.5. The molecule has 7 nitrogen and oxygen atoms in total. The molecule has 0 saturated heterocycles. The molecule has 0 aliphatic heterocycles. The molecule has 0 unspecified atom stereocenters. The first-order chi connectivity index (χ1) is 11.8. The van der Waals surface area contributed by atoms with E-state index in [-0.39, 0.29) is 0 Å². The molecular weight excluding hydrogens is 342 g/mol. The monoisotopic (exact) mass is 357 g/mol. The average molecular weight is 358 g/mol. The van der Waals surface area contributed by atoms with Crippen LogP contribution in [-0.2, 0) is 7.05 Å². The smallest absolute Gasteiger partial charge is 0.282 e. The molecule has 0 fully saturated rings. The summed E-state index contributed by atoms with van der Waals surface area (Å²) >= 11 is 6.19. The molecule has 0 atom stereocenters. The van der Waals surface area contributed by atoms with Crippen LogP contribution in [-0.4, -0.2) is 23.5 Å². The van der Waals surface area contributed by atoms with Crippen molar-refractivity contribution in [3.8, 4) is 5.69 Å². The maximum Gasteiger partial charge on any atom is 0.329 e. The van der Waals surface area contributed by atoms with Crippen LogP contribution >= 0.6 is 11.6 Å². The molecule has 1 N–H and O–H groups in total. The molecule has 3 aromatic heterocycles. The molecule has 0 saturated carbocycles. The fourth-order valence-electron chi connectivity index (χ4n) is 3.22. The lowest BCUT2D eigenvalue weighted by molar-refractivity contribution is 0.830. The van der Waals surface area contributed by atoms with Crippen molar-refractivity contribution in [2.45, 2.75) is 20.8 Å².